The maximum atomic E-state index is 15.2. The maximum absolute atomic E-state index is 15.2. The number of hydrogen-bond donors (Lipinski definition) is 1. The fourth-order valence-electron chi connectivity index (χ4n) is 5.65. The molecule has 1 aromatic heterocycles. The van der Waals surface area contributed by atoms with E-state index in [1.807, 2.05) is 4.90 Å². The average Bonchev–Trinajstić information content (AvgIpc) is 3.46. The molecule has 4 atom stereocenters. The lowest BCUT2D eigenvalue weighted by Crippen LogP contribution is -2.43. The SMILES string of the molecule is CC1C(Oc2nc(OC[C@@]34CCCN3C[C@H](F)C4)nc3c(F)c(Br)c(C(F)(F)F)cc23)CCN1C(=O)O. The second-order valence-corrected chi connectivity index (χ2v) is 10.6. The highest BCUT2D eigenvalue weighted by Gasteiger charge is 2.49. The van der Waals surface area contributed by atoms with Crippen molar-refractivity contribution in [1.29, 1.82) is 0 Å². The molecule has 0 spiro atoms. The van der Waals surface area contributed by atoms with Gasteiger partial charge in [-0.05, 0) is 48.3 Å². The van der Waals surface area contributed by atoms with Crippen molar-refractivity contribution >= 4 is 32.9 Å². The monoisotopic (exact) mass is 594 g/mol. The molecule has 1 N–H and O–H groups in total. The van der Waals surface area contributed by atoms with Crippen LogP contribution in [0.3, 0.4) is 0 Å². The molecule has 2 unspecified atom stereocenters. The fourth-order valence-corrected chi connectivity index (χ4v) is 6.17. The molecule has 0 saturated carbocycles. The number of likely N-dealkylation sites (tertiary alicyclic amines) is 1. The van der Waals surface area contributed by atoms with Gasteiger partial charge in [0.05, 0.1) is 27.0 Å². The molecule has 5 rings (SSSR count). The number of fused-ring (bicyclic) bond motifs is 2. The molecule has 3 saturated heterocycles. The molecule has 8 nitrogen and oxygen atoms in total. The van der Waals surface area contributed by atoms with Crippen molar-refractivity contribution in [2.75, 3.05) is 26.2 Å². The van der Waals surface area contributed by atoms with Crippen LogP contribution in [0.2, 0.25) is 0 Å². The number of carbonyl (C=O) groups is 1. The molecular formula is C23H24BrF5N4O4. The fraction of sp³-hybridized carbons (Fsp3) is 0.609. The van der Waals surface area contributed by atoms with E-state index in [0.717, 1.165) is 17.9 Å². The van der Waals surface area contributed by atoms with E-state index in [1.54, 1.807) is 6.92 Å². The topological polar surface area (TPSA) is 88.0 Å². The summed E-state index contributed by atoms with van der Waals surface area (Å²) in [6.07, 6.45) is -5.69. The van der Waals surface area contributed by atoms with Crippen LogP contribution in [0.25, 0.3) is 10.9 Å². The zero-order chi connectivity index (χ0) is 26.7. The largest absolute Gasteiger partial charge is 0.471 e. The summed E-state index contributed by atoms with van der Waals surface area (Å²) in [7, 11) is 0. The van der Waals surface area contributed by atoms with Gasteiger partial charge >= 0.3 is 18.3 Å². The summed E-state index contributed by atoms with van der Waals surface area (Å²) in [5.74, 6) is -1.62. The van der Waals surface area contributed by atoms with Crippen molar-refractivity contribution < 1.29 is 41.3 Å². The summed E-state index contributed by atoms with van der Waals surface area (Å²) in [5.41, 5.74) is -2.28. The molecule has 1 amide bonds. The van der Waals surface area contributed by atoms with Gasteiger partial charge in [0.2, 0.25) is 5.88 Å². The van der Waals surface area contributed by atoms with Crippen LogP contribution in [0.5, 0.6) is 11.9 Å². The molecule has 14 heteroatoms. The Kier molecular flexibility index (Phi) is 6.62. The third-order valence-electron chi connectivity index (χ3n) is 7.55. The van der Waals surface area contributed by atoms with E-state index in [0.29, 0.717) is 12.5 Å². The van der Waals surface area contributed by atoms with E-state index >= 15 is 4.39 Å². The van der Waals surface area contributed by atoms with Crippen molar-refractivity contribution in [2.45, 2.75) is 62.6 Å². The van der Waals surface area contributed by atoms with Crippen molar-refractivity contribution in [3.8, 4) is 11.9 Å². The van der Waals surface area contributed by atoms with Crippen LogP contribution in [-0.4, -0.2) is 81.1 Å². The highest BCUT2D eigenvalue weighted by Crippen LogP contribution is 2.43. The smallest absolute Gasteiger partial charge is 0.417 e. The number of halogens is 6. The average molecular weight is 595 g/mol. The zero-order valence-electron chi connectivity index (χ0n) is 19.7. The first-order valence-corrected chi connectivity index (χ1v) is 12.6. The van der Waals surface area contributed by atoms with E-state index < -0.39 is 57.5 Å². The molecule has 1 aromatic carbocycles. The minimum atomic E-state index is -4.88. The van der Waals surface area contributed by atoms with Gasteiger partial charge in [0.25, 0.3) is 0 Å². The molecule has 4 heterocycles. The molecule has 3 fully saturated rings. The number of amides is 1. The van der Waals surface area contributed by atoms with Gasteiger partial charge in [0, 0.05) is 25.9 Å². The molecule has 3 aliphatic rings. The number of alkyl halides is 4. The first kappa shape index (κ1) is 26.1. The van der Waals surface area contributed by atoms with Crippen molar-refractivity contribution in [1.82, 2.24) is 19.8 Å². The molecule has 0 aliphatic carbocycles. The minimum absolute atomic E-state index is 0.0222. The molecule has 0 radical (unpaired) electrons. The van der Waals surface area contributed by atoms with Crippen molar-refractivity contribution in [3.05, 3.63) is 21.9 Å². The molecule has 0 bridgehead atoms. The second-order valence-electron chi connectivity index (χ2n) is 9.78. The summed E-state index contributed by atoms with van der Waals surface area (Å²) >= 11 is 2.69. The van der Waals surface area contributed by atoms with Crippen LogP contribution < -0.4 is 9.47 Å². The third-order valence-corrected chi connectivity index (χ3v) is 8.32. The Morgan fingerprint density at radius 2 is 2.08 bits per heavy atom. The van der Waals surface area contributed by atoms with E-state index in [2.05, 4.69) is 25.9 Å². The molecule has 202 valence electrons. The Balaban J connectivity index is 1.53. The van der Waals surface area contributed by atoms with Crippen LogP contribution in [-0.2, 0) is 6.18 Å². The van der Waals surface area contributed by atoms with Gasteiger partial charge < -0.3 is 19.5 Å². The van der Waals surface area contributed by atoms with Crippen molar-refractivity contribution in [3.63, 3.8) is 0 Å². The van der Waals surface area contributed by atoms with Gasteiger partial charge in [0.15, 0.2) is 5.82 Å². The summed E-state index contributed by atoms with van der Waals surface area (Å²) in [5, 5.41) is 9.03. The van der Waals surface area contributed by atoms with Gasteiger partial charge in [-0.15, -0.1) is 0 Å². The molecule has 3 aliphatic heterocycles. The third kappa shape index (κ3) is 4.66. The number of carboxylic acid groups (broad SMARTS) is 1. The molecule has 2 aromatic rings. The van der Waals surface area contributed by atoms with E-state index in [1.165, 1.54) is 0 Å². The molecular weight excluding hydrogens is 571 g/mol. The first-order chi connectivity index (χ1) is 17.4. The molecule has 37 heavy (non-hydrogen) atoms. The lowest BCUT2D eigenvalue weighted by atomic mass is 9.95. The van der Waals surface area contributed by atoms with Gasteiger partial charge in [-0.25, -0.2) is 13.6 Å². The predicted molar refractivity (Wildman–Crippen MR) is 124 cm³/mol. The number of hydrogen-bond acceptors (Lipinski definition) is 6. The van der Waals surface area contributed by atoms with Crippen LogP contribution in [0.15, 0.2) is 10.5 Å². The standard InChI is InChI=1S/C23H24BrF5N4O4/c1-11-15(3-6-33(11)21(34)35)37-19-13-7-14(23(27,28)29)16(24)17(26)18(13)30-20(31-19)36-10-22-4-2-5-32(22)9-12(25)8-22/h7,11-12,15H,2-6,8-10H2,1H3,(H,34,35)/t11?,12-,15?,22+/m1/s1. The van der Waals surface area contributed by atoms with Gasteiger partial charge in [0.1, 0.15) is 24.4 Å². The minimum Gasteiger partial charge on any atom is -0.471 e. The van der Waals surface area contributed by atoms with Gasteiger partial charge in [-0.1, -0.05) is 0 Å². The highest BCUT2D eigenvalue weighted by atomic mass is 79.9. The van der Waals surface area contributed by atoms with Crippen LogP contribution in [0.1, 0.15) is 38.2 Å². The van der Waals surface area contributed by atoms with E-state index in [4.69, 9.17) is 9.47 Å². The lowest BCUT2D eigenvalue weighted by Gasteiger charge is -2.30. The van der Waals surface area contributed by atoms with Crippen LogP contribution >= 0.6 is 15.9 Å². The van der Waals surface area contributed by atoms with E-state index in [9.17, 15) is 27.5 Å². The Morgan fingerprint density at radius 1 is 1.32 bits per heavy atom. The first-order valence-electron chi connectivity index (χ1n) is 11.8. The number of ether oxygens (including phenoxy) is 2. The Bertz CT molecular complexity index is 1230. The highest BCUT2D eigenvalue weighted by molar-refractivity contribution is 9.10. The maximum Gasteiger partial charge on any atom is 0.417 e. The van der Waals surface area contributed by atoms with Crippen LogP contribution in [0, 0.1) is 5.82 Å². The zero-order valence-corrected chi connectivity index (χ0v) is 21.3. The number of aromatic nitrogens is 2. The Morgan fingerprint density at radius 3 is 2.76 bits per heavy atom. The number of benzene rings is 1. The number of rotatable bonds is 5. The Hall–Kier alpha value is -2.48. The normalized spacial score (nSPS) is 28.2. The quantitative estimate of drug-likeness (QED) is 0.486. The predicted octanol–water partition coefficient (Wildman–Crippen LogP) is 5.03. The van der Waals surface area contributed by atoms with Crippen LogP contribution in [0.4, 0.5) is 26.7 Å². The van der Waals surface area contributed by atoms with Gasteiger partial charge in [-0.2, -0.15) is 23.1 Å². The summed E-state index contributed by atoms with van der Waals surface area (Å²) in [6.45, 7) is 2.79. The second kappa shape index (κ2) is 9.37. The Labute approximate surface area is 216 Å². The summed E-state index contributed by atoms with van der Waals surface area (Å²) in [6, 6.07) is -0.254. The summed E-state index contributed by atoms with van der Waals surface area (Å²) < 4.78 is 81.1. The van der Waals surface area contributed by atoms with E-state index in [-0.39, 0.29) is 49.8 Å². The summed E-state index contributed by atoms with van der Waals surface area (Å²) in [4.78, 5) is 22.8. The van der Waals surface area contributed by atoms with Gasteiger partial charge in [-0.3, -0.25) is 4.90 Å². The van der Waals surface area contributed by atoms with Crippen molar-refractivity contribution in [2.24, 2.45) is 0 Å². The lowest BCUT2D eigenvalue weighted by molar-refractivity contribution is -0.138. The number of nitrogens with zero attached hydrogens (tertiary/aromatic N) is 4.